The van der Waals surface area contributed by atoms with Gasteiger partial charge in [-0.15, -0.1) is 5.10 Å². The Kier molecular flexibility index (Phi) is 5.21. The van der Waals surface area contributed by atoms with Crippen LogP contribution in [0, 0.1) is 5.82 Å². The molecule has 0 radical (unpaired) electrons. The van der Waals surface area contributed by atoms with E-state index >= 15 is 0 Å². The molecule has 134 valence electrons. The first-order valence-corrected chi connectivity index (χ1v) is 8.10. The van der Waals surface area contributed by atoms with Gasteiger partial charge in [0, 0.05) is 31.5 Å². The Balaban J connectivity index is 1.59. The summed E-state index contributed by atoms with van der Waals surface area (Å²) in [6, 6.07) is 9.36. The van der Waals surface area contributed by atoms with Gasteiger partial charge in [-0.1, -0.05) is 12.1 Å². The molecule has 1 aromatic carbocycles. The molecule has 0 atom stereocenters. The third-order valence-electron chi connectivity index (χ3n) is 3.88. The lowest BCUT2D eigenvalue weighted by Crippen LogP contribution is -2.32. The number of hydrogen-bond donors (Lipinski definition) is 1. The number of benzene rings is 1. The normalized spacial score (nSPS) is 10.7. The first-order chi connectivity index (χ1) is 12.5. The van der Waals surface area contributed by atoms with Crippen LogP contribution in [-0.4, -0.2) is 31.8 Å². The number of nitrogens with one attached hydrogen (secondary N) is 1. The average Bonchev–Trinajstić information content (AvgIpc) is 2.93. The summed E-state index contributed by atoms with van der Waals surface area (Å²) in [6.07, 6.45) is 3.43. The topological polar surface area (TPSA) is 81.8 Å². The van der Waals surface area contributed by atoms with Crippen molar-refractivity contribution < 1.29 is 9.18 Å². The zero-order valence-electron chi connectivity index (χ0n) is 14.2. The highest BCUT2D eigenvalue weighted by molar-refractivity contribution is 5.78. The monoisotopic (exact) mass is 355 g/mol. The summed E-state index contributed by atoms with van der Waals surface area (Å²) in [5.41, 5.74) is 1.19. The first kappa shape index (κ1) is 17.5. The zero-order chi connectivity index (χ0) is 18.5. The number of nitrogens with zero attached hydrogens (tertiary/aromatic N) is 4. The van der Waals surface area contributed by atoms with Gasteiger partial charge in [-0.2, -0.15) is 0 Å². The fourth-order valence-corrected chi connectivity index (χ4v) is 2.53. The van der Waals surface area contributed by atoms with E-state index in [1.807, 2.05) is 6.07 Å². The number of aromatic nitrogens is 4. The molecular weight excluding hydrogens is 337 g/mol. The molecule has 0 aliphatic heterocycles. The van der Waals surface area contributed by atoms with Crippen LogP contribution in [0.15, 0.2) is 53.6 Å². The summed E-state index contributed by atoms with van der Waals surface area (Å²) < 4.78 is 15.6. The van der Waals surface area contributed by atoms with E-state index in [4.69, 9.17) is 0 Å². The molecule has 0 aliphatic carbocycles. The molecule has 0 saturated heterocycles. The van der Waals surface area contributed by atoms with Gasteiger partial charge >= 0.3 is 5.69 Å². The Hall–Kier alpha value is -3.29. The van der Waals surface area contributed by atoms with Gasteiger partial charge in [0.2, 0.25) is 5.91 Å². The van der Waals surface area contributed by atoms with E-state index in [1.54, 1.807) is 37.6 Å². The van der Waals surface area contributed by atoms with Crippen molar-refractivity contribution in [2.75, 3.05) is 6.54 Å². The molecule has 1 N–H and O–H groups in total. The van der Waals surface area contributed by atoms with Gasteiger partial charge in [0.1, 0.15) is 5.82 Å². The van der Waals surface area contributed by atoms with Crippen molar-refractivity contribution in [3.8, 4) is 11.4 Å². The molecule has 0 bridgehead atoms. The lowest BCUT2D eigenvalue weighted by Gasteiger charge is -2.05. The van der Waals surface area contributed by atoms with Gasteiger partial charge < -0.3 is 5.32 Å². The van der Waals surface area contributed by atoms with Crippen molar-refractivity contribution in [1.29, 1.82) is 0 Å². The third-order valence-corrected chi connectivity index (χ3v) is 3.88. The van der Waals surface area contributed by atoms with Crippen LogP contribution < -0.4 is 11.0 Å². The Labute approximate surface area is 149 Å². The second kappa shape index (κ2) is 7.73. The smallest absolute Gasteiger partial charge is 0.345 e. The van der Waals surface area contributed by atoms with Gasteiger partial charge in [0.25, 0.3) is 0 Å². The van der Waals surface area contributed by atoms with Crippen molar-refractivity contribution in [2.45, 2.75) is 13.0 Å². The van der Waals surface area contributed by atoms with Crippen LogP contribution in [0.25, 0.3) is 11.4 Å². The highest BCUT2D eigenvalue weighted by Crippen LogP contribution is 2.12. The molecule has 26 heavy (non-hydrogen) atoms. The number of halogens is 1. The largest absolute Gasteiger partial charge is 0.354 e. The number of carbonyl (C=O) groups excluding carboxylic acids is 1. The minimum atomic E-state index is -0.340. The second-order valence-corrected chi connectivity index (χ2v) is 5.78. The van der Waals surface area contributed by atoms with Crippen LogP contribution in [0.4, 0.5) is 4.39 Å². The Bertz CT molecular complexity index is 948. The van der Waals surface area contributed by atoms with Crippen molar-refractivity contribution in [3.63, 3.8) is 0 Å². The molecule has 2 heterocycles. The molecule has 2 aromatic heterocycles. The third kappa shape index (κ3) is 4.02. The maximum Gasteiger partial charge on any atom is 0.345 e. The van der Waals surface area contributed by atoms with Crippen LogP contribution >= 0.6 is 0 Å². The lowest BCUT2D eigenvalue weighted by atomic mass is 10.1. The van der Waals surface area contributed by atoms with E-state index < -0.39 is 0 Å². The minimum absolute atomic E-state index is 0.151. The van der Waals surface area contributed by atoms with Crippen molar-refractivity contribution in [2.24, 2.45) is 7.05 Å². The summed E-state index contributed by atoms with van der Waals surface area (Å²) in [5.74, 6) is -0.0260. The predicted molar refractivity (Wildman–Crippen MR) is 93.8 cm³/mol. The predicted octanol–water partition coefficient (Wildman–Crippen LogP) is 1.14. The fraction of sp³-hybridized carbons (Fsp3) is 0.222. The highest BCUT2D eigenvalue weighted by atomic mass is 19.1. The number of pyridine rings is 1. The molecule has 7 nitrogen and oxygen atoms in total. The van der Waals surface area contributed by atoms with Gasteiger partial charge in [0.15, 0.2) is 5.82 Å². The lowest BCUT2D eigenvalue weighted by molar-refractivity contribution is -0.120. The van der Waals surface area contributed by atoms with E-state index in [0.717, 1.165) is 11.1 Å². The van der Waals surface area contributed by atoms with Crippen molar-refractivity contribution in [1.82, 2.24) is 24.6 Å². The summed E-state index contributed by atoms with van der Waals surface area (Å²) in [6.45, 7) is 0.519. The molecule has 8 heteroatoms. The van der Waals surface area contributed by atoms with Crippen LogP contribution in [-0.2, 0) is 24.8 Å². The second-order valence-electron chi connectivity index (χ2n) is 5.78. The van der Waals surface area contributed by atoms with Crippen molar-refractivity contribution in [3.05, 3.63) is 70.7 Å². The molecule has 0 saturated carbocycles. The molecule has 0 spiro atoms. The molecule has 3 aromatic rings. The van der Waals surface area contributed by atoms with Gasteiger partial charge in [-0.3, -0.25) is 14.3 Å². The molecule has 0 unspecified atom stereocenters. The Morgan fingerprint density at radius 2 is 2.00 bits per heavy atom. The maximum absolute atomic E-state index is 12.9. The molecule has 0 aliphatic rings. The van der Waals surface area contributed by atoms with Crippen LogP contribution in [0.2, 0.25) is 0 Å². The quantitative estimate of drug-likeness (QED) is 0.719. The fourth-order valence-electron chi connectivity index (χ4n) is 2.53. The van der Waals surface area contributed by atoms with E-state index in [2.05, 4.69) is 15.4 Å². The summed E-state index contributed by atoms with van der Waals surface area (Å²) in [5, 5.41) is 7.04. The van der Waals surface area contributed by atoms with Crippen molar-refractivity contribution >= 4 is 5.91 Å². The summed E-state index contributed by atoms with van der Waals surface area (Å²) in [7, 11) is 1.64. The minimum Gasteiger partial charge on any atom is -0.354 e. The Morgan fingerprint density at radius 1 is 1.23 bits per heavy atom. The van der Waals surface area contributed by atoms with E-state index in [1.165, 1.54) is 21.4 Å². The molecule has 1 amide bonds. The first-order valence-electron chi connectivity index (χ1n) is 8.10. The maximum atomic E-state index is 12.9. The van der Waals surface area contributed by atoms with Gasteiger partial charge in [-0.05, 0) is 29.8 Å². The van der Waals surface area contributed by atoms with Crippen LogP contribution in [0.5, 0.6) is 0 Å². The van der Waals surface area contributed by atoms with Gasteiger partial charge in [-0.25, -0.2) is 13.9 Å². The number of hydrogen-bond acceptors (Lipinski definition) is 4. The number of rotatable bonds is 6. The summed E-state index contributed by atoms with van der Waals surface area (Å²) >= 11 is 0. The SMILES string of the molecule is Cn1c(-c2cccnc2)nn(CCNC(=O)Cc2ccc(F)cc2)c1=O. The molecule has 3 rings (SSSR count). The van der Waals surface area contributed by atoms with E-state index in [0.29, 0.717) is 5.82 Å². The highest BCUT2D eigenvalue weighted by Gasteiger charge is 2.12. The zero-order valence-corrected chi connectivity index (χ0v) is 14.2. The van der Waals surface area contributed by atoms with Gasteiger partial charge in [0.05, 0.1) is 13.0 Å². The van der Waals surface area contributed by atoms with Crippen LogP contribution in [0.3, 0.4) is 0 Å². The number of carbonyl (C=O) groups is 1. The van der Waals surface area contributed by atoms with E-state index in [9.17, 15) is 14.0 Å². The average molecular weight is 355 g/mol. The molecular formula is C18H18FN5O2. The molecule has 0 fully saturated rings. The van der Waals surface area contributed by atoms with Crippen LogP contribution in [0.1, 0.15) is 5.56 Å². The standard InChI is InChI=1S/C18H18FN5O2/c1-23-17(14-3-2-8-20-12-14)22-24(18(23)26)10-9-21-16(25)11-13-4-6-15(19)7-5-13/h2-8,12H,9-11H2,1H3,(H,21,25). The summed E-state index contributed by atoms with van der Waals surface area (Å²) in [4.78, 5) is 28.2. The Morgan fingerprint density at radius 3 is 2.69 bits per heavy atom. The number of amides is 1. The van der Waals surface area contributed by atoms with E-state index in [-0.39, 0.29) is 36.9 Å².